The van der Waals surface area contributed by atoms with Crippen LogP contribution in [0.1, 0.15) is 5.56 Å². The molecule has 0 aliphatic rings. The molecule has 2 aromatic carbocycles. The first-order valence-electron chi connectivity index (χ1n) is 5.32. The minimum Gasteiger partial charge on any atom is -0.326 e. The number of benzene rings is 2. The summed E-state index contributed by atoms with van der Waals surface area (Å²) in [5.74, 6) is -0.320. The quantitative estimate of drug-likeness (QED) is 0.760. The molecule has 0 spiro atoms. The molecule has 0 unspecified atom stereocenters. The van der Waals surface area contributed by atoms with Gasteiger partial charge in [0.05, 0.1) is 14.5 Å². The van der Waals surface area contributed by atoms with E-state index < -0.39 is 0 Å². The van der Waals surface area contributed by atoms with Gasteiger partial charge in [0.2, 0.25) is 0 Å². The maximum absolute atomic E-state index is 14.1. The van der Waals surface area contributed by atoms with Crippen molar-refractivity contribution in [2.24, 2.45) is 5.73 Å². The van der Waals surface area contributed by atoms with Crippen LogP contribution in [-0.2, 0) is 6.54 Å². The second kappa shape index (κ2) is 6.46. The molecule has 0 aromatic heterocycles. The van der Waals surface area contributed by atoms with Crippen LogP contribution < -0.4 is 5.73 Å². The zero-order valence-corrected chi connectivity index (χ0v) is 13.5. The van der Waals surface area contributed by atoms with Crippen molar-refractivity contribution in [1.29, 1.82) is 0 Å². The van der Waals surface area contributed by atoms with Crippen LogP contribution in [0, 0.1) is 5.82 Å². The zero-order valence-electron chi connectivity index (χ0n) is 9.59. The summed E-state index contributed by atoms with van der Waals surface area (Å²) in [6.07, 6.45) is 0. The van der Waals surface area contributed by atoms with Gasteiger partial charge in [0.15, 0.2) is 5.82 Å². The largest absolute Gasteiger partial charge is 0.326 e. The smallest absolute Gasteiger partial charge is 0.151 e. The van der Waals surface area contributed by atoms with E-state index >= 15 is 0 Å². The van der Waals surface area contributed by atoms with Crippen LogP contribution in [-0.4, -0.2) is 0 Å². The number of halogens is 4. The Labute approximate surface area is 133 Å². The summed E-state index contributed by atoms with van der Waals surface area (Å²) in [7, 11) is 0. The van der Waals surface area contributed by atoms with Crippen LogP contribution >= 0.6 is 50.9 Å². The first-order chi connectivity index (χ1) is 9.02. The van der Waals surface area contributed by atoms with E-state index in [0.717, 1.165) is 10.5 Å². The van der Waals surface area contributed by atoms with E-state index in [0.29, 0.717) is 19.4 Å². The predicted octanol–water partition coefficient (Wildman–Crippen LogP) is 5.50. The van der Waals surface area contributed by atoms with Gasteiger partial charge in [-0.1, -0.05) is 41.0 Å². The Bertz CT molecular complexity index is 622. The second-order valence-electron chi connectivity index (χ2n) is 3.73. The van der Waals surface area contributed by atoms with Gasteiger partial charge >= 0.3 is 0 Å². The lowest BCUT2D eigenvalue weighted by Gasteiger charge is -2.08. The van der Waals surface area contributed by atoms with Crippen molar-refractivity contribution in [3.05, 3.63) is 56.2 Å². The Morgan fingerprint density at radius 1 is 1.16 bits per heavy atom. The standard InChI is InChI=1S/C13H9BrCl2FNS/c14-12-7(6-18)1-4-11(13(12)17)19-8-2-3-9(15)10(16)5-8/h1-5H,6,18H2. The molecular formula is C13H9BrCl2FNS. The van der Waals surface area contributed by atoms with E-state index in [9.17, 15) is 4.39 Å². The van der Waals surface area contributed by atoms with Crippen molar-refractivity contribution >= 4 is 50.9 Å². The maximum Gasteiger partial charge on any atom is 0.151 e. The molecule has 0 saturated heterocycles. The molecule has 2 N–H and O–H groups in total. The minimum absolute atomic E-state index is 0.287. The fourth-order valence-corrected chi connectivity index (χ4v) is 3.37. The van der Waals surface area contributed by atoms with E-state index in [2.05, 4.69) is 15.9 Å². The first kappa shape index (κ1) is 15.1. The molecule has 1 nitrogen and oxygen atoms in total. The summed E-state index contributed by atoms with van der Waals surface area (Å²) in [6, 6.07) is 8.69. The molecule has 100 valence electrons. The average molecular weight is 381 g/mol. The van der Waals surface area contributed by atoms with Crippen LogP contribution in [0.5, 0.6) is 0 Å². The highest BCUT2D eigenvalue weighted by atomic mass is 79.9. The Morgan fingerprint density at radius 3 is 2.53 bits per heavy atom. The molecule has 0 saturated carbocycles. The predicted molar refractivity (Wildman–Crippen MR) is 82.6 cm³/mol. The summed E-state index contributed by atoms with van der Waals surface area (Å²) in [5, 5.41) is 0.927. The van der Waals surface area contributed by atoms with Gasteiger partial charge in [0.25, 0.3) is 0 Å². The highest BCUT2D eigenvalue weighted by Crippen LogP contribution is 2.36. The summed E-state index contributed by atoms with van der Waals surface area (Å²) in [4.78, 5) is 1.32. The molecule has 2 rings (SSSR count). The summed E-state index contributed by atoms with van der Waals surface area (Å²) < 4.78 is 14.5. The molecule has 2 aromatic rings. The SMILES string of the molecule is NCc1ccc(Sc2ccc(Cl)c(Cl)c2)c(F)c1Br. The molecule has 19 heavy (non-hydrogen) atoms. The average Bonchev–Trinajstić information content (AvgIpc) is 2.40. The van der Waals surface area contributed by atoms with Crippen LogP contribution in [0.3, 0.4) is 0 Å². The maximum atomic E-state index is 14.1. The monoisotopic (exact) mass is 379 g/mol. The van der Waals surface area contributed by atoms with E-state index in [-0.39, 0.29) is 12.4 Å². The third-order valence-electron chi connectivity index (χ3n) is 2.47. The fraction of sp³-hybridized carbons (Fsp3) is 0.0769. The van der Waals surface area contributed by atoms with Gasteiger partial charge in [-0.15, -0.1) is 0 Å². The van der Waals surface area contributed by atoms with Crippen molar-refractivity contribution in [2.45, 2.75) is 16.3 Å². The van der Waals surface area contributed by atoms with Crippen LogP contribution in [0.2, 0.25) is 10.0 Å². The lowest BCUT2D eigenvalue weighted by molar-refractivity contribution is 0.592. The van der Waals surface area contributed by atoms with Gasteiger partial charge in [0.1, 0.15) is 0 Å². The van der Waals surface area contributed by atoms with Gasteiger partial charge < -0.3 is 5.73 Å². The van der Waals surface area contributed by atoms with Gasteiger partial charge in [0, 0.05) is 16.3 Å². The third-order valence-corrected chi connectivity index (χ3v) is 5.09. The topological polar surface area (TPSA) is 26.0 Å². The van der Waals surface area contributed by atoms with Crippen molar-refractivity contribution in [3.63, 3.8) is 0 Å². The van der Waals surface area contributed by atoms with Crippen LogP contribution in [0.25, 0.3) is 0 Å². The molecule has 0 atom stereocenters. The Hall–Kier alpha value is -0.260. The highest BCUT2D eigenvalue weighted by molar-refractivity contribution is 9.10. The van der Waals surface area contributed by atoms with E-state index in [4.69, 9.17) is 28.9 Å². The summed E-state index contributed by atoms with van der Waals surface area (Å²) in [5.41, 5.74) is 6.26. The number of hydrogen-bond acceptors (Lipinski definition) is 2. The van der Waals surface area contributed by atoms with Crippen LogP contribution in [0.15, 0.2) is 44.6 Å². The van der Waals surface area contributed by atoms with E-state index in [1.165, 1.54) is 11.8 Å². The highest BCUT2D eigenvalue weighted by Gasteiger charge is 2.12. The Kier molecular flexibility index (Phi) is 5.15. The Balaban J connectivity index is 2.33. The molecule has 0 heterocycles. The summed E-state index contributed by atoms with van der Waals surface area (Å²) >= 11 is 16.3. The minimum atomic E-state index is -0.320. The zero-order chi connectivity index (χ0) is 14.0. The van der Waals surface area contributed by atoms with Crippen molar-refractivity contribution < 1.29 is 4.39 Å². The molecule has 0 radical (unpaired) electrons. The van der Waals surface area contributed by atoms with Crippen molar-refractivity contribution in [3.8, 4) is 0 Å². The molecule has 0 bridgehead atoms. The van der Waals surface area contributed by atoms with Crippen molar-refractivity contribution in [2.75, 3.05) is 0 Å². The molecular weight excluding hydrogens is 372 g/mol. The molecule has 0 fully saturated rings. The second-order valence-corrected chi connectivity index (χ2v) is 6.46. The van der Waals surface area contributed by atoms with E-state index in [1.807, 2.05) is 0 Å². The van der Waals surface area contributed by atoms with Crippen LogP contribution in [0.4, 0.5) is 4.39 Å². The lowest BCUT2D eigenvalue weighted by Crippen LogP contribution is -1.99. The molecule has 0 aliphatic carbocycles. The number of rotatable bonds is 3. The summed E-state index contributed by atoms with van der Waals surface area (Å²) in [6.45, 7) is 0.287. The molecule has 0 aliphatic heterocycles. The number of hydrogen-bond donors (Lipinski definition) is 1. The van der Waals surface area contributed by atoms with Gasteiger partial charge in [-0.05, 0) is 45.8 Å². The van der Waals surface area contributed by atoms with E-state index in [1.54, 1.807) is 30.3 Å². The number of nitrogens with two attached hydrogens (primary N) is 1. The molecule has 6 heteroatoms. The van der Waals surface area contributed by atoms with Crippen molar-refractivity contribution in [1.82, 2.24) is 0 Å². The normalized spacial score (nSPS) is 10.8. The fourth-order valence-electron chi connectivity index (χ4n) is 1.48. The third kappa shape index (κ3) is 3.44. The first-order valence-corrected chi connectivity index (χ1v) is 7.69. The van der Waals surface area contributed by atoms with Gasteiger partial charge in [-0.25, -0.2) is 4.39 Å². The lowest BCUT2D eigenvalue weighted by atomic mass is 10.2. The van der Waals surface area contributed by atoms with Gasteiger partial charge in [-0.2, -0.15) is 0 Å². The van der Waals surface area contributed by atoms with Gasteiger partial charge in [-0.3, -0.25) is 0 Å². The molecule has 0 amide bonds. The Morgan fingerprint density at radius 2 is 1.89 bits per heavy atom.